The molecule has 2 heterocycles. The van der Waals surface area contributed by atoms with Crippen LogP contribution in [0.2, 0.25) is 0 Å². The van der Waals surface area contributed by atoms with Crippen LogP contribution in [0.5, 0.6) is 0 Å². The number of carbonyl (C=O) groups is 1. The molecule has 0 spiro atoms. The van der Waals surface area contributed by atoms with Gasteiger partial charge in [-0.2, -0.15) is 0 Å². The van der Waals surface area contributed by atoms with E-state index in [1.165, 1.54) is 23.5 Å². The molecule has 3 rings (SSSR count). The lowest BCUT2D eigenvalue weighted by atomic mass is 10.1. The third-order valence-corrected chi connectivity index (χ3v) is 3.99. The molecule has 6 heteroatoms. The summed E-state index contributed by atoms with van der Waals surface area (Å²) in [4.78, 5) is 20.4. The van der Waals surface area contributed by atoms with E-state index in [4.69, 9.17) is 4.74 Å². The summed E-state index contributed by atoms with van der Waals surface area (Å²) in [6.07, 6.45) is 1.82. The molecule has 3 aromatic rings. The van der Waals surface area contributed by atoms with E-state index in [2.05, 4.69) is 9.97 Å². The van der Waals surface area contributed by atoms with E-state index < -0.39 is 0 Å². The average molecular weight is 328 g/mol. The molecule has 0 atom stereocenters. The van der Waals surface area contributed by atoms with Crippen LogP contribution in [0.3, 0.4) is 0 Å². The Labute approximate surface area is 136 Å². The minimum Gasteiger partial charge on any atom is -0.459 e. The van der Waals surface area contributed by atoms with Gasteiger partial charge in [-0.1, -0.05) is 18.2 Å². The fraction of sp³-hybridized carbons (Fsp3) is 0.118. The van der Waals surface area contributed by atoms with E-state index in [9.17, 15) is 9.18 Å². The summed E-state index contributed by atoms with van der Waals surface area (Å²) in [5.41, 5.74) is 2.19. The van der Waals surface area contributed by atoms with Crippen molar-refractivity contribution in [3.63, 3.8) is 0 Å². The molecule has 1 aromatic carbocycles. The summed E-state index contributed by atoms with van der Waals surface area (Å²) in [7, 11) is 0. The van der Waals surface area contributed by atoms with Gasteiger partial charge >= 0.3 is 5.97 Å². The highest BCUT2D eigenvalue weighted by atomic mass is 32.1. The molecule has 2 aromatic heterocycles. The van der Waals surface area contributed by atoms with Crippen molar-refractivity contribution >= 4 is 17.3 Å². The van der Waals surface area contributed by atoms with E-state index in [0.717, 1.165) is 10.7 Å². The maximum Gasteiger partial charge on any atom is 0.310 e. The largest absolute Gasteiger partial charge is 0.459 e. The van der Waals surface area contributed by atoms with Gasteiger partial charge in [0.1, 0.15) is 17.4 Å². The zero-order valence-electron chi connectivity index (χ0n) is 12.1. The van der Waals surface area contributed by atoms with Crippen LogP contribution in [0.4, 0.5) is 4.39 Å². The smallest absolute Gasteiger partial charge is 0.310 e. The Hall–Kier alpha value is -2.60. The average Bonchev–Trinajstić information content (AvgIpc) is 3.05. The molecule has 0 bridgehead atoms. The van der Waals surface area contributed by atoms with Gasteiger partial charge in [0, 0.05) is 11.6 Å². The van der Waals surface area contributed by atoms with Crippen molar-refractivity contribution in [1.82, 2.24) is 9.97 Å². The van der Waals surface area contributed by atoms with Crippen molar-refractivity contribution < 1.29 is 13.9 Å². The van der Waals surface area contributed by atoms with Gasteiger partial charge in [-0.25, -0.2) is 9.37 Å². The maximum atomic E-state index is 12.8. The topological polar surface area (TPSA) is 52.1 Å². The lowest BCUT2D eigenvalue weighted by Gasteiger charge is -2.03. The van der Waals surface area contributed by atoms with Gasteiger partial charge in [0.25, 0.3) is 0 Å². The number of pyridine rings is 1. The summed E-state index contributed by atoms with van der Waals surface area (Å²) in [6, 6.07) is 11.4. The van der Waals surface area contributed by atoms with Crippen LogP contribution >= 0.6 is 11.3 Å². The predicted octanol–water partition coefficient (Wildman–Crippen LogP) is 3.63. The van der Waals surface area contributed by atoms with Crippen molar-refractivity contribution in [3.8, 4) is 10.7 Å². The van der Waals surface area contributed by atoms with Gasteiger partial charge in [0.2, 0.25) is 0 Å². The fourth-order valence-electron chi connectivity index (χ4n) is 1.95. The number of hydrogen-bond acceptors (Lipinski definition) is 5. The number of nitrogens with zero attached hydrogens (tertiary/aromatic N) is 2. The van der Waals surface area contributed by atoms with Gasteiger partial charge in [-0.3, -0.25) is 9.78 Å². The summed E-state index contributed by atoms with van der Waals surface area (Å²) in [5.74, 6) is -0.698. The van der Waals surface area contributed by atoms with Crippen LogP contribution in [-0.2, 0) is 22.6 Å². The minimum atomic E-state index is -0.371. The van der Waals surface area contributed by atoms with Gasteiger partial charge in [0.15, 0.2) is 0 Å². The first-order chi connectivity index (χ1) is 11.2. The van der Waals surface area contributed by atoms with Crippen molar-refractivity contribution in [3.05, 3.63) is 71.1 Å². The van der Waals surface area contributed by atoms with E-state index in [-0.39, 0.29) is 24.8 Å². The first kappa shape index (κ1) is 15.3. The molecule has 0 aliphatic heterocycles. The molecule has 0 saturated carbocycles. The fourth-order valence-corrected chi connectivity index (χ4v) is 2.73. The highest BCUT2D eigenvalue weighted by Crippen LogP contribution is 2.21. The third kappa shape index (κ3) is 4.20. The van der Waals surface area contributed by atoms with Crippen LogP contribution in [-0.4, -0.2) is 15.9 Å². The maximum absolute atomic E-state index is 12.8. The molecule has 0 fully saturated rings. The molecule has 0 radical (unpaired) electrons. The molecule has 0 saturated heterocycles. The summed E-state index contributed by atoms with van der Waals surface area (Å²) in [5, 5.41) is 2.63. The third-order valence-electron chi connectivity index (χ3n) is 3.08. The standard InChI is InChI=1S/C17H13FN2O2S/c18-13-6-4-12(5-7-13)9-16(21)22-10-14-11-23-17(20-14)15-3-1-2-8-19-15/h1-8,11H,9-10H2. The number of benzene rings is 1. The minimum absolute atomic E-state index is 0.109. The van der Waals surface area contributed by atoms with Crippen LogP contribution in [0.15, 0.2) is 54.0 Å². The molecule has 0 unspecified atom stereocenters. The van der Waals surface area contributed by atoms with Crippen molar-refractivity contribution in [1.29, 1.82) is 0 Å². The molecular weight excluding hydrogens is 315 g/mol. The lowest BCUT2D eigenvalue weighted by molar-refractivity contribution is -0.144. The summed E-state index contributed by atoms with van der Waals surface area (Å²) >= 11 is 1.45. The molecule has 0 aliphatic carbocycles. The quantitative estimate of drug-likeness (QED) is 0.671. The second-order valence-corrected chi connectivity index (χ2v) is 5.68. The number of halogens is 1. The summed E-state index contributed by atoms with van der Waals surface area (Å²) in [6.45, 7) is 0.114. The molecular formula is C17H13FN2O2S. The van der Waals surface area contributed by atoms with E-state index >= 15 is 0 Å². The Kier molecular flexibility index (Phi) is 4.73. The second kappa shape index (κ2) is 7.11. The number of hydrogen-bond donors (Lipinski definition) is 0. The Morgan fingerprint density at radius 1 is 1.17 bits per heavy atom. The molecule has 0 aliphatic rings. The first-order valence-electron chi connectivity index (χ1n) is 6.96. The predicted molar refractivity (Wildman–Crippen MR) is 85.2 cm³/mol. The van der Waals surface area contributed by atoms with Gasteiger partial charge in [0.05, 0.1) is 17.8 Å². The Bertz CT molecular complexity index is 788. The number of carbonyl (C=O) groups excluding carboxylic acids is 1. The van der Waals surface area contributed by atoms with Crippen LogP contribution in [0.25, 0.3) is 10.7 Å². The highest BCUT2D eigenvalue weighted by molar-refractivity contribution is 7.13. The molecule has 23 heavy (non-hydrogen) atoms. The zero-order valence-corrected chi connectivity index (χ0v) is 12.9. The number of rotatable bonds is 5. The molecule has 0 N–H and O–H groups in total. The van der Waals surface area contributed by atoms with Crippen LogP contribution in [0.1, 0.15) is 11.3 Å². The van der Waals surface area contributed by atoms with Gasteiger partial charge in [-0.15, -0.1) is 11.3 Å². The monoisotopic (exact) mass is 328 g/mol. The summed E-state index contributed by atoms with van der Waals surface area (Å²) < 4.78 is 18.0. The Morgan fingerprint density at radius 2 is 2.00 bits per heavy atom. The van der Waals surface area contributed by atoms with Crippen molar-refractivity contribution in [2.45, 2.75) is 13.0 Å². The van der Waals surface area contributed by atoms with E-state index in [1.54, 1.807) is 18.3 Å². The SMILES string of the molecule is O=C(Cc1ccc(F)cc1)OCc1csc(-c2ccccn2)n1. The normalized spacial score (nSPS) is 10.5. The molecule has 116 valence electrons. The van der Waals surface area contributed by atoms with Crippen LogP contribution < -0.4 is 0 Å². The number of thiazole rings is 1. The van der Waals surface area contributed by atoms with Crippen molar-refractivity contribution in [2.24, 2.45) is 0 Å². The lowest BCUT2D eigenvalue weighted by Crippen LogP contribution is -2.08. The van der Waals surface area contributed by atoms with Crippen LogP contribution in [0, 0.1) is 5.82 Å². The Morgan fingerprint density at radius 3 is 2.74 bits per heavy atom. The molecule has 0 amide bonds. The number of esters is 1. The number of ether oxygens (including phenoxy) is 1. The molecule has 4 nitrogen and oxygen atoms in total. The second-order valence-electron chi connectivity index (χ2n) is 4.82. The van der Waals surface area contributed by atoms with Crippen molar-refractivity contribution in [2.75, 3.05) is 0 Å². The van der Waals surface area contributed by atoms with E-state index in [1.807, 2.05) is 23.6 Å². The van der Waals surface area contributed by atoms with Gasteiger partial charge < -0.3 is 4.74 Å². The highest BCUT2D eigenvalue weighted by Gasteiger charge is 2.09. The number of aromatic nitrogens is 2. The zero-order chi connectivity index (χ0) is 16.1. The van der Waals surface area contributed by atoms with Gasteiger partial charge in [-0.05, 0) is 29.8 Å². The Balaban J connectivity index is 1.55. The first-order valence-corrected chi connectivity index (χ1v) is 7.84. The van der Waals surface area contributed by atoms with E-state index in [0.29, 0.717) is 11.3 Å².